The molecule has 1 aromatic carbocycles. The Morgan fingerprint density at radius 3 is 2.71 bits per heavy atom. The first kappa shape index (κ1) is 15.2. The van der Waals surface area contributed by atoms with Crippen LogP contribution in [0.1, 0.15) is 18.3 Å². The van der Waals surface area contributed by atoms with Crippen molar-refractivity contribution < 1.29 is 13.9 Å². The van der Waals surface area contributed by atoms with Crippen LogP contribution in [0.15, 0.2) is 30.3 Å². The van der Waals surface area contributed by atoms with E-state index in [9.17, 15) is 4.39 Å². The highest BCUT2D eigenvalue weighted by Gasteiger charge is 2.07. The van der Waals surface area contributed by atoms with Crippen molar-refractivity contribution in [3.63, 3.8) is 0 Å². The SMILES string of the molecule is CCOCc1nc(NC)cc(OCc2ccccc2F)n1. The topological polar surface area (TPSA) is 56.3 Å². The molecule has 0 aliphatic carbocycles. The first-order valence-electron chi connectivity index (χ1n) is 6.72. The Kier molecular flexibility index (Phi) is 5.45. The van der Waals surface area contributed by atoms with Crippen molar-refractivity contribution in [2.24, 2.45) is 0 Å². The van der Waals surface area contributed by atoms with Gasteiger partial charge in [0.15, 0.2) is 5.82 Å². The summed E-state index contributed by atoms with van der Waals surface area (Å²) in [5, 5.41) is 2.93. The molecule has 21 heavy (non-hydrogen) atoms. The number of hydrogen-bond acceptors (Lipinski definition) is 5. The van der Waals surface area contributed by atoms with Gasteiger partial charge >= 0.3 is 0 Å². The summed E-state index contributed by atoms with van der Waals surface area (Å²) in [7, 11) is 1.76. The lowest BCUT2D eigenvalue weighted by molar-refractivity contribution is 0.127. The van der Waals surface area contributed by atoms with Gasteiger partial charge in [-0.25, -0.2) is 9.37 Å². The number of anilines is 1. The maximum Gasteiger partial charge on any atom is 0.219 e. The molecule has 0 amide bonds. The van der Waals surface area contributed by atoms with Gasteiger partial charge in [-0.1, -0.05) is 18.2 Å². The Labute approximate surface area is 123 Å². The second-order valence-corrected chi connectivity index (χ2v) is 4.27. The van der Waals surface area contributed by atoms with Crippen LogP contribution in [0.25, 0.3) is 0 Å². The Morgan fingerprint density at radius 2 is 2.00 bits per heavy atom. The highest BCUT2D eigenvalue weighted by atomic mass is 19.1. The average Bonchev–Trinajstić information content (AvgIpc) is 2.52. The van der Waals surface area contributed by atoms with Gasteiger partial charge in [0.05, 0.1) is 0 Å². The minimum absolute atomic E-state index is 0.112. The zero-order chi connectivity index (χ0) is 15.1. The maximum absolute atomic E-state index is 13.5. The summed E-state index contributed by atoms with van der Waals surface area (Å²) in [6.45, 7) is 2.90. The molecule has 5 nitrogen and oxygen atoms in total. The highest BCUT2D eigenvalue weighted by Crippen LogP contribution is 2.16. The molecule has 2 rings (SSSR count). The van der Waals surface area contributed by atoms with Crippen molar-refractivity contribution in [3.8, 4) is 5.88 Å². The Bertz CT molecular complexity index is 593. The van der Waals surface area contributed by atoms with Crippen LogP contribution in [-0.4, -0.2) is 23.6 Å². The molecule has 0 saturated carbocycles. The molecule has 112 valence electrons. The van der Waals surface area contributed by atoms with Crippen molar-refractivity contribution in [3.05, 3.63) is 47.5 Å². The zero-order valence-corrected chi connectivity index (χ0v) is 12.1. The van der Waals surface area contributed by atoms with E-state index >= 15 is 0 Å². The normalized spacial score (nSPS) is 10.4. The second kappa shape index (κ2) is 7.54. The molecule has 2 aromatic rings. The van der Waals surface area contributed by atoms with Gasteiger partial charge in [0.1, 0.15) is 24.8 Å². The number of halogens is 1. The fourth-order valence-electron chi connectivity index (χ4n) is 1.70. The number of nitrogens with one attached hydrogen (secondary N) is 1. The van der Waals surface area contributed by atoms with Crippen LogP contribution in [0.2, 0.25) is 0 Å². The van der Waals surface area contributed by atoms with Crippen molar-refractivity contribution in [1.82, 2.24) is 9.97 Å². The Balaban J connectivity index is 2.09. The molecule has 6 heteroatoms. The largest absolute Gasteiger partial charge is 0.473 e. The number of aromatic nitrogens is 2. The molecule has 1 heterocycles. The molecule has 0 saturated heterocycles. The lowest BCUT2D eigenvalue weighted by Gasteiger charge is -2.10. The zero-order valence-electron chi connectivity index (χ0n) is 12.1. The fourth-order valence-corrected chi connectivity index (χ4v) is 1.70. The van der Waals surface area contributed by atoms with Gasteiger partial charge in [-0.15, -0.1) is 0 Å². The van der Waals surface area contributed by atoms with E-state index < -0.39 is 0 Å². The fraction of sp³-hybridized carbons (Fsp3) is 0.333. The van der Waals surface area contributed by atoms with Gasteiger partial charge in [-0.05, 0) is 13.0 Å². The van der Waals surface area contributed by atoms with Crippen LogP contribution in [0.3, 0.4) is 0 Å². The summed E-state index contributed by atoms with van der Waals surface area (Å²) in [6.07, 6.45) is 0. The summed E-state index contributed by atoms with van der Waals surface area (Å²) in [5.74, 6) is 1.23. The van der Waals surface area contributed by atoms with Crippen LogP contribution in [0.4, 0.5) is 10.2 Å². The third kappa shape index (κ3) is 4.39. The van der Waals surface area contributed by atoms with E-state index in [0.29, 0.717) is 36.3 Å². The summed E-state index contributed by atoms with van der Waals surface area (Å²) in [6, 6.07) is 8.15. The molecule has 0 unspecified atom stereocenters. The minimum atomic E-state index is -0.296. The summed E-state index contributed by atoms with van der Waals surface area (Å²) in [4.78, 5) is 8.50. The summed E-state index contributed by atoms with van der Waals surface area (Å²) < 4.78 is 24.4. The molecule has 0 atom stereocenters. The molecular formula is C15H18FN3O2. The van der Waals surface area contributed by atoms with Crippen LogP contribution in [-0.2, 0) is 18.0 Å². The Morgan fingerprint density at radius 1 is 1.19 bits per heavy atom. The molecule has 1 aromatic heterocycles. The van der Waals surface area contributed by atoms with Gasteiger partial charge in [-0.2, -0.15) is 4.98 Å². The van der Waals surface area contributed by atoms with Gasteiger partial charge in [0, 0.05) is 25.3 Å². The number of benzene rings is 1. The molecule has 0 aliphatic heterocycles. The first-order valence-corrected chi connectivity index (χ1v) is 6.72. The molecule has 1 N–H and O–H groups in total. The van der Waals surface area contributed by atoms with Gasteiger partial charge in [0.2, 0.25) is 5.88 Å². The average molecular weight is 291 g/mol. The van der Waals surface area contributed by atoms with Crippen molar-refractivity contribution in [2.45, 2.75) is 20.1 Å². The van der Waals surface area contributed by atoms with E-state index in [4.69, 9.17) is 9.47 Å². The third-order valence-electron chi connectivity index (χ3n) is 2.77. The molecule has 0 aliphatic rings. The second-order valence-electron chi connectivity index (χ2n) is 4.27. The van der Waals surface area contributed by atoms with Gasteiger partial charge in [0.25, 0.3) is 0 Å². The van der Waals surface area contributed by atoms with Gasteiger partial charge in [-0.3, -0.25) is 0 Å². The quantitative estimate of drug-likeness (QED) is 0.850. The minimum Gasteiger partial charge on any atom is -0.473 e. The molecule has 0 fully saturated rings. The number of rotatable bonds is 7. The third-order valence-corrected chi connectivity index (χ3v) is 2.77. The van der Waals surface area contributed by atoms with E-state index in [0.717, 1.165) is 0 Å². The number of nitrogens with zero attached hydrogens (tertiary/aromatic N) is 2. The molecule has 0 bridgehead atoms. The smallest absolute Gasteiger partial charge is 0.219 e. The summed E-state index contributed by atoms with van der Waals surface area (Å²) >= 11 is 0. The lowest BCUT2D eigenvalue weighted by Crippen LogP contribution is -2.06. The van der Waals surface area contributed by atoms with Gasteiger partial charge < -0.3 is 14.8 Å². The van der Waals surface area contributed by atoms with E-state index in [-0.39, 0.29) is 12.4 Å². The van der Waals surface area contributed by atoms with Crippen LogP contribution in [0.5, 0.6) is 5.88 Å². The van der Waals surface area contributed by atoms with Crippen molar-refractivity contribution >= 4 is 5.82 Å². The summed E-state index contributed by atoms with van der Waals surface area (Å²) in [5.41, 5.74) is 0.480. The lowest BCUT2D eigenvalue weighted by atomic mass is 10.2. The van der Waals surface area contributed by atoms with Crippen molar-refractivity contribution in [2.75, 3.05) is 19.0 Å². The monoisotopic (exact) mass is 291 g/mol. The Hall–Kier alpha value is -2.21. The molecule has 0 radical (unpaired) electrons. The first-order chi connectivity index (χ1) is 10.2. The maximum atomic E-state index is 13.5. The number of ether oxygens (including phenoxy) is 2. The predicted molar refractivity (Wildman–Crippen MR) is 77.6 cm³/mol. The van der Waals surface area contributed by atoms with E-state index in [1.807, 2.05) is 6.92 Å². The standard InChI is InChI=1S/C15H18FN3O2/c1-3-20-10-14-18-13(17-2)8-15(19-14)21-9-11-6-4-5-7-12(11)16/h4-8H,3,9-10H2,1-2H3,(H,17,18,19). The van der Waals surface area contributed by atoms with Crippen LogP contribution < -0.4 is 10.1 Å². The van der Waals surface area contributed by atoms with Crippen LogP contribution in [0, 0.1) is 5.82 Å². The highest BCUT2D eigenvalue weighted by molar-refractivity contribution is 5.37. The predicted octanol–water partition coefficient (Wildman–Crippen LogP) is 2.77. The van der Waals surface area contributed by atoms with E-state index in [1.54, 1.807) is 31.3 Å². The van der Waals surface area contributed by atoms with Crippen molar-refractivity contribution in [1.29, 1.82) is 0 Å². The van der Waals surface area contributed by atoms with E-state index in [1.165, 1.54) is 6.07 Å². The molecule has 0 spiro atoms. The van der Waals surface area contributed by atoms with E-state index in [2.05, 4.69) is 15.3 Å². The number of hydrogen-bond donors (Lipinski definition) is 1. The molecular weight excluding hydrogens is 273 g/mol. The van der Waals surface area contributed by atoms with Crippen LogP contribution >= 0.6 is 0 Å².